The minimum atomic E-state index is 0.631. The molecule has 192 valence electrons. The second kappa shape index (κ2) is 9.50. The molecule has 5 nitrogen and oxygen atoms in total. The second-order valence-corrected chi connectivity index (χ2v) is 9.93. The molecule has 3 heterocycles. The highest BCUT2D eigenvalue weighted by molar-refractivity contribution is 6.13. The Balaban J connectivity index is 1.25. The molecule has 0 bridgehead atoms. The molecule has 0 atom stereocenters. The summed E-state index contributed by atoms with van der Waals surface area (Å²) in [5.41, 5.74) is 7.38. The molecule has 0 aliphatic rings. The number of pyridine rings is 1. The van der Waals surface area contributed by atoms with Gasteiger partial charge in [0.1, 0.15) is 5.58 Å². The third-order valence-electron chi connectivity index (χ3n) is 7.34. The highest BCUT2D eigenvalue weighted by atomic mass is 16.3. The van der Waals surface area contributed by atoms with Crippen LogP contribution in [0.2, 0.25) is 0 Å². The molecule has 0 N–H and O–H groups in total. The lowest BCUT2D eigenvalue weighted by Gasteiger charge is -2.09. The first kappa shape index (κ1) is 23.2. The van der Waals surface area contributed by atoms with Gasteiger partial charge in [-0.2, -0.15) is 0 Å². The first-order chi connectivity index (χ1) is 20.3. The summed E-state index contributed by atoms with van der Waals surface area (Å²) in [6, 6.07) is 44.9. The van der Waals surface area contributed by atoms with E-state index in [0.29, 0.717) is 23.2 Å². The minimum absolute atomic E-state index is 0.631. The van der Waals surface area contributed by atoms with Crippen LogP contribution in [0.25, 0.3) is 78.3 Å². The van der Waals surface area contributed by atoms with Crippen molar-refractivity contribution in [3.63, 3.8) is 0 Å². The van der Waals surface area contributed by atoms with E-state index < -0.39 is 0 Å². The summed E-state index contributed by atoms with van der Waals surface area (Å²) in [5, 5.41) is 3.16. The van der Waals surface area contributed by atoms with Gasteiger partial charge in [0.2, 0.25) is 5.71 Å². The predicted molar refractivity (Wildman–Crippen MR) is 164 cm³/mol. The maximum absolute atomic E-state index is 6.19. The second-order valence-electron chi connectivity index (χ2n) is 9.93. The van der Waals surface area contributed by atoms with Gasteiger partial charge in [0.15, 0.2) is 17.5 Å². The standard InChI is InChI=1S/C36H22N4O/c1-3-10-24(11-4-1)33-38-34(25-12-5-2-6-13-25)40-35(39-33)26-20-18-23(19-21-26)28-15-9-17-31-32(28)29-22-27-14-7-8-16-30(27)37-36(29)41-31/h1-22H. The van der Waals surface area contributed by atoms with Crippen LogP contribution in [-0.4, -0.2) is 19.9 Å². The lowest BCUT2D eigenvalue weighted by atomic mass is 9.98. The molecule has 0 spiro atoms. The monoisotopic (exact) mass is 526 g/mol. The zero-order valence-corrected chi connectivity index (χ0v) is 21.9. The van der Waals surface area contributed by atoms with Gasteiger partial charge in [-0.25, -0.2) is 19.9 Å². The quantitative estimate of drug-likeness (QED) is 0.229. The molecule has 0 unspecified atom stereocenters. The van der Waals surface area contributed by atoms with E-state index in [9.17, 15) is 0 Å². The Morgan fingerprint density at radius 2 is 1.00 bits per heavy atom. The third-order valence-corrected chi connectivity index (χ3v) is 7.34. The Morgan fingerprint density at radius 1 is 0.439 bits per heavy atom. The van der Waals surface area contributed by atoms with E-state index in [0.717, 1.165) is 55.1 Å². The van der Waals surface area contributed by atoms with Gasteiger partial charge in [-0.1, -0.05) is 115 Å². The molecular formula is C36H22N4O. The first-order valence-corrected chi connectivity index (χ1v) is 13.5. The molecule has 0 fully saturated rings. The summed E-state index contributed by atoms with van der Waals surface area (Å²) in [6.45, 7) is 0. The molecule has 0 aliphatic carbocycles. The Labute approximate surface area is 235 Å². The zero-order chi connectivity index (χ0) is 27.2. The molecular weight excluding hydrogens is 504 g/mol. The van der Waals surface area contributed by atoms with Crippen LogP contribution in [0, 0.1) is 0 Å². The van der Waals surface area contributed by atoms with Crippen LogP contribution in [0.15, 0.2) is 138 Å². The summed E-state index contributed by atoms with van der Waals surface area (Å²) in [6.07, 6.45) is 0. The van der Waals surface area contributed by atoms with E-state index >= 15 is 0 Å². The fourth-order valence-electron chi connectivity index (χ4n) is 5.33. The summed E-state index contributed by atoms with van der Waals surface area (Å²) in [7, 11) is 0. The van der Waals surface area contributed by atoms with Gasteiger partial charge in [-0.05, 0) is 29.3 Å². The first-order valence-electron chi connectivity index (χ1n) is 13.5. The Bertz CT molecular complexity index is 2130. The molecule has 5 aromatic carbocycles. The topological polar surface area (TPSA) is 64.7 Å². The van der Waals surface area contributed by atoms with Crippen molar-refractivity contribution in [2.24, 2.45) is 0 Å². The summed E-state index contributed by atoms with van der Waals surface area (Å²) in [5.74, 6) is 1.92. The van der Waals surface area contributed by atoms with Crippen molar-refractivity contribution in [2.45, 2.75) is 0 Å². The van der Waals surface area contributed by atoms with Gasteiger partial charge in [-0.3, -0.25) is 0 Å². The van der Waals surface area contributed by atoms with E-state index in [2.05, 4.69) is 42.5 Å². The Hall–Kier alpha value is -5.68. The van der Waals surface area contributed by atoms with Crippen molar-refractivity contribution in [1.82, 2.24) is 19.9 Å². The number of hydrogen-bond donors (Lipinski definition) is 0. The third kappa shape index (κ3) is 4.12. The van der Waals surface area contributed by atoms with E-state index in [4.69, 9.17) is 24.4 Å². The van der Waals surface area contributed by atoms with Crippen molar-refractivity contribution < 1.29 is 4.42 Å². The van der Waals surface area contributed by atoms with Crippen LogP contribution in [0.5, 0.6) is 0 Å². The molecule has 0 saturated carbocycles. The van der Waals surface area contributed by atoms with Gasteiger partial charge in [0.25, 0.3) is 0 Å². The SMILES string of the molecule is c1ccc(-c2nc(-c3ccccc3)nc(-c3ccc(-c4cccc5oc6nc7ccccc7cc6c45)cc3)n2)cc1. The lowest BCUT2D eigenvalue weighted by molar-refractivity contribution is 0.656. The average molecular weight is 527 g/mol. The molecule has 3 aromatic heterocycles. The number of furan rings is 1. The fourth-order valence-corrected chi connectivity index (χ4v) is 5.33. The maximum atomic E-state index is 6.19. The number of hydrogen-bond acceptors (Lipinski definition) is 5. The van der Waals surface area contributed by atoms with Crippen LogP contribution in [0.1, 0.15) is 0 Å². The lowest BCUT2D eigenvalue weighted by Crippen LogP contribution is -2.00. The zero-order valence-electron chi connectivity index (χ0n) is 21.9. The van der Waals surface area contributed by atoms with Crippen molar-refractivity contribution in [3.05, 3.63) is 133 Å². The van der Waals surface area contributed by atoms with Crippen molar-refractivity contribution in [1.29, 1.82) is 0 Å². The number of nitrogens with zero attached hydrogens (tertiary/aromatic N) is 4. The molecule has 0 amide bonds. The highest BCUT2D eigenvalue weighted by Crippen LogP contribution is 2.37. The number of benzene rings is 5. The summed E-state index contributed by atoms with van der Waals surface area (Å²) in [4.78, 5) is 19.3. The van der Waals surface area contributed by atoms with Crippen molar-refractivity contribution in [3.8, 4) is 45.3 Å². The van der Waals surface area contributed by atoms with Gasteiger partial charge in [0, 0.05) is 32.8 Å². The number of fused-ring (bicyclic) bond motifs is 4. The molecule has 0 radical (unpaired) electrons. The van der Waals surface area contributed by atoms with Crippen molar-refractivity contribution in [2.75, 3.05) is 0 Å². The van der Waals surface area contributed by atoms with Crippen LogP contribution in [-0.2, 0) is 0 Å². The summed E-state index contributed by atoms with van der Waals surface area (Å²) < 4.78 is 6.19. The molecule has 8 aromatic rings. The van der Waals surface area contributed by atoms with Crippen LogP contribution in [0.4, 0.5) is 0 Å². The molecule has 41 heavy (non-hydrogen) atoms. The fraction of sp³-hybridized carbons (Fsp3) is 0. The molecule has 0 aliphatic heterocycles. The minimum Gasteiger partial charge on any atom is -0.438 e. The highest BCUT2D eigenvalue weighted by Gasteiger charge is 2.16. The van der Waals surface area contributed by atoms with E-state index in [1.54, 1.807) is 0 Å². The number of rotatable bonds is 4. The largest absolute Gasteiger partial charge is 0.438 e. The maximum Gasteiger partial charge on any atom is 0.227 e. The van der Waals surface area contributed by atoms with E-state index in [1.165, 1.54) is 0 Å². The Kier molecular flexibility index (Phi) is 5.38. The van der Waals surface area contributed by atoms with Gasteiger partial charge in [0.05, 0.1) is 5.52 Å². The van der Waals surface area contributed by atoms with Crippen molar-refractivity contribution >= 4 is 33.0 Å². The molecule has 0 saturated heterocycles. The molecule has 5 heteroatoms. The van der Waals surface area contributed by atoms with E-state index in [1.807, 2.05) is 91.0 Å². The molecule has 8 rings (SSSR count). The normalized spacial score (nSPS) is 11.4. The average Bonchev–Trinajstić information content (AvgIpc) is 3.42. The number of aromatic nitrogens is 4. The van der Waals surface area contributed by atoms with E-state index in [-0.39, 0.29) is 0 Å². The summed E-state index contributed by atoms with van der Waals surface area (Å²) >= 11 is 0. The van der Waals surface area contributed by atoms with Gasteiger partial charge < -0.3 is 4.42 Å². The van der Waals surface area contributed by atoms with Gasteiger partial charge in [-0.15, -0.1) is 0 Å². The van der Waals surface area contributed by atoms with Gasteiger partial charge >= 0.3 is 0 Å². The smallest absolute Gasteiger partial charge is 0.227 e. The van der Waals surface area contributed by atoms with Crippen LogP contribution in [0.3, 0.4) is 0 Å². The predicted octanol–water partition coefficient (Wildman–Crippen LogP) is 8.99. The Morgan fingerprint density at radius 3 is 1.66 bits per heavy atom. The number of para-hydroxylation sites is 1. The van der Waals surface area contributed by atoms with Crippen LogP contribution >= 0.6 is 0 Å². The van der Waals surface area contributed by atoms with Crippen LogP contribution < -0.4 is 0 Å².